The number of hydrogen-bond donors (Lipinski definition) is 2. The van der Waals surface area contributed by atoms with E-state index in [9.17, 15) is 13.2 Å². The molecule has 0 saturated heterocycles. The molecule has 19 heavy (non-hydrogen) atoms. The van der Waals surface area contributed by atoms with Crippen molar-refractivity contribution in [3.63, 3.8) is 0 Å². The molecule has 0 aromatic heterocycles. The number of hydrogen-bond acceptors (Lipinski definition) is 4. The molecule has 1 fully saturated rings. The number of aromatic carboxylic acids is 1. The Morgan fingerprint density at radius 3 is 2.58 bits per heavy atom. The molecular formula is C12H15NO5S. The second-order valence-electron chi connectivity index (χ2n) is 4.42. The van der Waals surface area contributed by atoms with Crippen LogP contribution >= 0.6 is 0 Å². The largest absolute Gasteiger partial charge is 0.495 e. The number of carbonyl (C=O) groups is 1. The Morgan fingerprint density at radius 1 is 1.42 bits per heavy atom. The number of carboxylic acids is 1. The predicted octanol–water partition coefficient (Wildman–Crippen LogP) is 1.22. The van der Waals surface area contributed by atoms with Crippen molar-refractivity contribution < 1.29 is 23.1 Å². The average molecular weight is 285 g/mol. The highest BCUT2D eigenvalue weighted by Gasteiger charge is 2.27. The molecule has 1 aliphatic carbocycles. The second-order valence-corrected chi connectivity index (χ2v) is 6.10. The Bertz CT molecular complexity index is 592. The van der Waals surface area contributed by atoms with Crippen molar-refractivity contribution in [2.75, 3.05) is 7.11 Å². The zero-order valence-electron chi connectivity index (χ0n) is 10.4. The van der Waals surface area contributed by atoms with Gasteiger partial charge in [0, 0.05) is 6.04 Å². The van der Waals surface area contributed by atoms with E-state index in [0.717, 1.165) is 25.3 Å². The fraction of sp³-hybridized carbons (Fsp3) is 0.417. The number of methoxy groups -OCH3 is 1. The first kappa shape index (κ1) is 13.8. The summed E-state index contributed by atoms with van der Waals surface area (Å²) in [5.41, 5.74) is -0.0882. The van der Waals surface area contributed by atoms with Gasteiger partial charge >= 0.3 is 5.97 Å². The summed E-state index contributed by atoms with van der Waals surface area (Å²) in [6, 6.07) is 3.70. The molecule has 1 saturated carbocycles. The van der Waals surface area contributed by atoms with Gasteiger partial charge in [-0.3, -0.25) is 0 Å². The molecular weight excluding hydrogens is 270 g/mol. The summed E-state index contributed by atoms with van der Waals surface area (Å²) in [6.07, 6.45) is 2.61. The number of rotatable bonds is 5. The fourth-order valence-corrected chi connectivity index (χ4v) is 3.33. The van der Waals surface area contributed by atoms with Crippen LogP contribution in [-0.4, -0.2) is 32.6 Å². The van der Waals surface area contributed by atoms with Crippen LogP contribution in [-0.2, 0) is 10.0 Å². The molecule has 0 amide bonds. The first-order valence-corrected chi connectivity index (χ1v) is 7.36. The molecule has 1 aromatic carbocycles. The van der Waals surface area contributed by atoms with Crippen LogP contribution in [0.15, 0.2) is 23.1 Å². The molecule has 6 nitrogen and oxygen atoms in total. The molecule has 0 heterocycles. The van der Waals surface area contributed by atoms with Crippen LogP contribution in [0, 0.1) is 0 Å². The van der Waals surface area contributed by atoms with Crippen molar-refractivity contribution in [3.8, 4) is 5.75 Å². The average Bonchev–Trinajstić information content (AvgIpc) is 2.33. The molecule has 7 heteroatoms. The zero-order valence-corrected chi connectivity index (χ0v) is 11.2. The summed E-state index contributed by atoms with van der Waals surface area (Å²) in [6.45, 7) is 0. The number of sulfonamides is 1. The quantitative estimate of drug-likeness (QED) is 0.848. The highest BCUT2D eigenvalue weighted by atomic mass is 32.2. The SMILES string of the molecule is COc1ccc(C(=O)O)cc1S(=O)(=O)NC1CCC1. The van der Waals surface area contributed by atoms with Crippen LogP contribution in [0.4, 0.5) is 0 Å². The molecule has 0 unspecified atom stereocenters. The highest BCUT2D eigenvalue weighted by molar-refractivity contribution is 7.89. The van der Waals surface area contributed by atoms with Crippen LogP contribution in [0.5, 0.6) is 5.75 Å². The molecule has 0 radical (unpaired) electrons. The maximum absolute atomic E-state index is 12.2. The van der Waals surface area contributed by atoms with E-state index in [-0.39, 0.29) is 22.3 Å². The minimum Gasteiger partial charge on any atom is -0.495 e. The summed E-state index contributed by atoms with van der Waals surface area (Å²) in [4.78, 5) is 10.8. The van der Waals surface area contributed by atoms with Gasteiger partial charge < -0.3 is 9.84 Å². The van der Waals surface area contributed by atoms with E-state index < -0.39 is 16.0 Å². The minimum absolute atomic E-state index is 0.0665. The van der Waals surface area contributed by atoms with Gasteiger partial charge in [0.05, 0.1) is 12.7 Å². The predicted molar refractivity (Wildman–Crippen MR) is 67.9 cm³/mol. The van der Waals surface area contributed by atoms with Crippen molar-refractivity contribution in [2.24, 2.45) is 0 Å². The lowest BCUT2D eigenvalue weighted by molar-refractivity contribution is 0.0696. The number of ether oxygens (including phenoxy) is 1. The molecule has 2 rings (SSSR count). The third-order valence-electron chi connectivity index (χ3n) is 3.13. The van der Waals surface area contributed by atoms with Gasteiger partial charge in [-0.2, -0.15) is 0 Å². The van der Waals surface area contributed by atoms with E-state index in [4.69, 9.17) is 9.84 Å². The third-order valence-corrected chi connectivity index (χ3v) is 4.67. The molecule has 0 atom stereocenters. The number of carboxylic acid groups (broad SMARTS) is 1. The molecule has 2 N–H and O–H groups in total. The smallest absolute Gasteiger partial charge is 0.335 e. The van der Waals surface area contributed by atoms with Crippen LogP contribution in [0.25, 0.3) is 0 Å². The maximum atomic E-state index is 12.2. The van der Waals surface area contributed by atoms with Crippen LogP contribution in [0.1, 0.15) is 29.6 Å². The molecule has 0 aliphatic heterocycles. The van der Waals surface area contributed by atoms with Gasteiger partial charge in [0.2, 0.25) is 10.0 Å². The van der Waals surface area contributed by atoms with E-state index in [1.165, 1.54) is 19.2 Å². The van der Waals surface area contributed by atoms with Crippen molar-refractivity contribution >= 4 is 16.0 Å². The van der Waals surface area contributed by atoms with Gasteiger partial charge in [0.25, 0.3) is 0 Å². The summed E-state index contributed by atoms with van der Waals surface area (Å²) >= 11 is 0. The minimum atomic E-state index is -3.76. The van der Waals surface area contributed by atoms with E-state index >= 15 is 0 Å². The lowest BCUT2D eigenvalue weighted by Crippen LogP contribution is -2.39. The Morgan fingerprint density at radius 2 is 2.11 bits per heavy atom. The lowest BCUT2D eigenvalue weighted by atomic mass is 9.94. The summed E-state index contributed by atoms with van der Waals surface area (Å²) in [7, 11) is -2.41. The number of nitrogens with one attached hydrogen (secondary N) is 1. The molecule has 0 bridgehead atoms. The first-order chi connectivity index (χ1) is 8.94. The van der Waals surface area contributed by atoms with Crippen LogP contribution in [0.3, 0.4) is 0 Å². The lowest BCUT2D eigenvalue weighted by Gasteiger charge is -2.26. The Hall–Kier alpha value is -1.60. The fourth-order valence-electron chi connectivity index (χ4n) is 1.83. The van der Waals surface area contributed by atoms with E-state index in [1.807, 2.05) is 0 Å². The molecule has 104 valence electrons. The zero-order chi connectivity index (χ0) is 14.0. The topological polar surface area (TPSA) is 92.7 Å². The standard InChI is InChI=1S/C12H15NO5S/c1-18-10-6-5-8(12(14)15)7-11(10)19(16,17)13-9-3-2-4-9/h5-7,9,13H,2-4H2,1H3,(H,14,15). The summed E-state index contributed by atoms with van der Waals surface area (Å²) < 4.78 is 31.9. The van der Waals surface area contributed by atoms with E-state index in [0.29, 0.717) is 0 Å². The summed E-state index contributed by atoms with van der Waals surface area (Å²) in [5.74, 6) is -1.04. The third kappa shape index (κ3) is 2.87. The van der Waals surface area contributed by atoms with Crippen molar-refractivity contribution in [2.45, 2.75) is 30.2 Å². The Kier molecular flexibility index (Phi) is 3.77. The summed E-state index contributed by atoms with van der Waals surface area (Å²) in [5, 5.41) is 8.92. The normalized spacial score (nSPS) is 15.8. The maximum Gasteiger partial charge on any atom is 0.335 e. The van der Waals surface area contributed by atoms with Crippen molar-refractivity contribution in [3.05, 3.63) is 23.8 Å². The van der Waals surface area contributed by atoms with E-state index in [1.54, 1.807) is 0 Å². The second kappa shape index (κ2) is 5.18. The van der Waals surface area contributed by atoms with Gasteiger partial charge in [-0.05, 0) is 31.0 Å². The van der Waals surface area contributed by atoms with Crippen molar-refractivity contribution in [1.29, 1.82) is 0 Å². The molecule has 0 spiro atoms. The molecule has 1 aromatic rings. The number of benzene rings is 1. The monoisotopic (exact) mass is 285 g/mol. The Balaban J connectivity index is 2.39. The van der Waals surface area contributed by atoms with Crippen molar-refractivity contribution in [1.82, 2.24) is 4.72 Å². The van der Waals surface area contributed by atoms with Crippen LogP contribution < -0.4 is 9.46 Å². The van der Waals surface area contributed by atoms with E-state index in [2.05, 4.69) is 4.72 Å². The van der Waals surface area contributed by atoms with Gasteiger partial charge in [-0.25, -0.2) is 17.9 Å². The van der Waals surface area contributed by atoms with Gasteiger partial charge in [0.15, 0.2) is 0 Å². The Labute approximate surface area is 111 Å². The van der Waals surface area contributed by atoms with Gasteiger partial charge in [-0.15, -0.1) is 0 Å². The highest BCUT2D eigenvalue weighted by Crippen LogP contribution is 2.27. The van der Waals surface area contributed by atoms with Crippen LogP contribution in [0.2, 0.25) is 0 Å². The first-order valence-electron chi connectivity index (χ1n) is 5.87. The molecule has 1 aliphatic rings. The van der Waals surface area contributed by atoms with Gasteiger partial charge in [-0.1, -0.05) is 6.42 Å². The van der Waals surface area contributed by atoms with Gasteiger partial charge in [0.1, 0.15) is 10.6 Å².